The van der Waals surface area contributed by atoms with Gasteiger partial charge in [-0.3, -0.25) is 0 Å². The highest BCUT2D eigenvalue weighted by Gasteiger charge is 2.20. The molecule has 0 aliphatic carbocycles. The number of ether oxygens (including phenoxy) is 1. The van der Waals surface area contributed by atoms with E-state index in [0.29, 0.717) is 43.1 Å². The van der Waals surface area contributed by atoms with E-state index in [4.69, 9.17) is 4.74 Å². The van der Waals surface area contributed by atoms with Gasteiger partial charge in [0.1, 0.15) is 11.6 Å². The maximum Gasteiger partial charge on any atom is 0.339 e. The summed E-state index contributed by atoms with van der Waals surface area (Å²) in [7, 11) is 0. The van der Waals surface area contributed by atoms with E-state index < -0.39 is 0 Å². The molecule has 154 valence electrons. The van der Waals surface area contributed by atoms with Crippen molar-refractivity contribution in [3.05, 3.63) is 53.5 Å². The Balaban J connectivity index is 1.59. The largest absolute Gasteiger partial charge is 0.462 e. The predicted octanol–water partition coefficient (Wildman–Crippen LogP) is 3.45. The molecule has 0 spiro atoms. The molecule has 1 aliphatic rings. The molecule has 1 fully saturated rings. The Bertz CT molecular complexity index is 873. The van der Waals surface area contributed by atoms with Gasteiger partial charge in [0.15, 0.2) is 0 Å². The second-order valence-corrected chi connectivity index (χ2v) is 6.84. The molecule has 0 saturated carbocycles. The topological polar surface area (TPSA) is 74.8 Å². The number of esters is 1. The van der Waals surface area contributed by atoms with Crippen molar-refractivity contribution in [2.75, 3.05) is 43.0 Å². The molecule has 1 N–H and O–H groups in total. The fourth-order valence-corrected chi connectivity index (χ4v) is 3.22. The van der Waals surface area contributed by atoms with E-state index in [1.807, 2.05) is 0 Å². The summed E-state index contributed by atoms with van der Waals surface area (Å²) in [5.41, 5.74) is 1.70. The number of aromatic nitrogens is 1. The van der Waals surface area contributed by atoms with Gasteiger partial charge in [-0.25, -0.2) is 19.0 Å². The van der Waals surface area contributed by atoms with Crippen LogP contribution in [0.3, 0.4) is 0 Å². The zero-order valence-corrected chi connectivity index (χ0v) is 16.7. The van der Waals surface area contributed by atoms with Gasteiger partial charge in [-0.1, -0.05) is 0 Å². The van der Waals surface area contributed by atoms with Crippen LogP contribution in [0.2, 0.25) is 0 Å². The van der Waals surface area contributed by atoms with Crippen molar-refractivity contribution in [1.29, 1.82) is 0 Å². The number of carbonyl (C=O) groups excluding carboxylic acids is 2. The minimum Gasteiger partial charge on any atom is -0.462 e. The van der Waals surface area contributed by atoms with Crippen molar-refractivity contribution in [2.24, 2.45) is 0 Å². The summed E-state index contributed by atoms with van der Waals surface area (Å²) in [6, 6.07) is 7.59. The fraction of sp³-hybridized carbons (Fsp3) is 0.381. The molecule has 1 aliphatic heterocycles. The summed E-state index contributed by atoms with van der Waals surface area (Å²) >= 11 is 0. The van der Waals surface area contributed by atoms with Crippen LogP contribution in [0, 0.1) is 12.7 Å². The highest BCUT2D eigenvalue weighted by molar-refractivity contribution is 5.90. The summed E-state index contributed by atoms with van der Waals surface area (Å²) < 4.78 is 18.2. The molecule has 2 aromatic rings. The number of nitrogens with one attached hydrogen (secondary N) is 1. The SMILES string of the molecule is CCOC(=O)c1ccc(N2CCCN(C(=O)Nc3ccc(F)cc3C)CC2)nc1. The Hall–Kier alpha value is -3.16. The van der Waals surface area contributed by atoms with Crippen LogP contribution in [0.15, 0.2) is 36.5 Å². The maximum absolute atomic E-state index is 13.2. The van der Waals surface area contributed by atoms with Crippen LogP contribution in [0.25, 0.3) is 0 Å². The zero-order chi connectivity index (χ0) is 20.8. The number of pyridine rings is 1. The fourth-order valence-electron chi connectivity index (χ4n) is 3.22. The lowest BCUT2D eigenvalue weighted by Crippen LogP contribution is -2.38. The highest BCUT2D eigenvalue weighted by atomic mass is 19.1. The van der Waals surface area contributed by atoms with E-state index in [-0.39, 0.29) is 17.8 Å². The first kappa shape index (κ1) is 20.6. The first-order valence-corrected chi connectivity index (χ1v) is 9.68. The Labute approximate surface area is 169 Å². The minimum atomic E-state index is -0.388. The lowest BCUT2D eigenvalue weighted by molar-refractivity contribution is 0.0526. The van der Waals surface area contributed by atoms with Gasteiger partial charge in [0, 0.05) is 38.1 Å². The normalized spacial score (nSPS) is 14.3. The average molecular weight is 400 g/mol. The van der Waals surface area contributed by atoms with E-state index in [1.165, 1.54) is 18.3 Å². The molecule has 0 radical (unpaired) electrons. The number of halogens is 1. The number of benzene rings is 1. The number of nitrogens with zero attached hydrogens (tertiary/aromatic N) is 3. The standard InChI is InChI=1S/C21H25FN4O3/c1-3-29-20(27)16-5-8-19(23-14-16)25-9-4-10-26(12-11-25)21(28)24-18-7-6-17(22)13-15(18)2/h5-8,13-14H,3-4,9-12H2,1-2H3,(H,24,28). The first-order chi connectivity index (χ1) is 14.0. The van der Waals surface area contributed by atoms with Gasteiger partial charge in [-0.15, -0.1) is 0 Å². The number of rotatable bonds is 4. The summed E-state index contributed by atoms with van der Waals surface area (Å²) in [6.45, 7) is 6.37. The van der Waals surface area contributed by atoms with Crippen LogP contribution < -0.4 is 10.2 Å². The lowest BCUT2D eigenvalue weighted by Gasteiger charge is -2.23. The van der Waals surface area contributed by atoms with Gasteiger partial charge in [0.05, 0.1) is 12.2 Å². The van der Waals surface area contributed by atoms with Gasteiger partial charge in [0.2, 0.25) is 0 Å². The number of hydrogen-bond donors (Lipinski definition) is 1. The number of carbonyl (C=O) groups is 2. The number of anilines is 2. The summed E-state index contributed by atoms with van der Waals surface area (Å²) in [5, 5.41) is 2.86. The van der Waals surface area contributed by atoms with Crippen LogP contribution >= 0.6 is 0 Å². The van der Waals surface area contributed by atoms with Crippen molar-refractivity contribution >= 4 is 23.5 Å². The quantitative estimate of drug-likeness (QED) is 0.796. The molecule has 2 amide bonds. The number of amides is 2. The molecule has 8 heteroatoms. The molecule has 0 bridgehead atoms. The van der Waals surface area contributed by atoms with Gasteiger partial charge in [-0.2, -0.15) is 0 Å². The molecular formula is C21H25FN4O3. The molecular weight excluding hydrogens is 375 g/mol. The Kier molecular flexibility index (Phi) is 6.64. The van der Waals surface area contributed by atoms with Gasteiger partial charge in [0.25, 0.3) is 0 Å². The van der Waals surface area contributed by atoms with Crippen molar-refractivity contribution in [1.82, 2.24) is 9.88 Å². The van der Waals surface area contributed by atoms with Crippen LogP contribution in [0.4, 0.5) is 20.7 Å². The predicted molar refractivity (Wildman–Crippen MR) is 109 cm³/mol. The van der Waals surface area contributed by atoms with E-state index in [0.717, 1.165) is 18.8 Å². The van der Waals surface area contributed by atoms with Crippen LogP contribution in [0.1, 0.15) is 29.3 Å². The highest BCUT2D eigenvalue weighted by Crippen LogP contribution is 2.18. The second-order valence-electron chi connectivity index (χ2n) is 6.84. The Morgan fingerprint density at radius 1 is 1.17 bits per heavy atom. The summed E-state index contributed by atoms with van der Waals surface area (Å²) in [4.78, 5) is 32.6. The lowest BCUT2D eigenvalue weighted by atomic mass is 10.2. The average Bonchev–Trinajstić information content (AvgIpc) is 2.97. The van der Waals surface area contributed by atoms with Crippen LogP contribution in [0.5, 0.6) is 0 Å². The summed E-state index contributed by atoms with van der Waals surface area (Å²) in [5.74, 6) is 0.0448. The van der Waals surface area contributed by atoms with Crippen LogP contribution in [-0.4, -0.2) is 54.7 Å². The Morgan fingerprint density at radius 3 is 2.69 bits per heavy atom. The molecule has 0 unspecified atom stereocenters. The van der Waals surface area contributed by atoms with Gasteiger partial charge in [-0.05, 0) is 56.2 Å². The zero-order valence-electron chi connectivity index (χ0n) is 16.7. The Morgan fingerprint density at radius 2 is 2.00 bits per heavy atom. The maximum atomic E-state index is 13.2. The van der Waals surface area contributed by atoms with E-state index in [1.54, 1.807) is 36.9 Å². The van der Waals surface area contributed by atoms with Crippen molar-refractivity contribution in [3.63, 3.8) is 0 Å². The molecule has 7 nitrogen and oxygen atoms in total. The smallest absolute Gasteiger partial charge is 0.339 e. The monoisotopic (exact) mass is 400 g/mol. The number of aryl methyl sites for hydroxylation is 1. The van der Waals surface area contributed by atoms with Crippen LogP contribution in [-0.2, 0) is 4.74 Å². The molecule has 2 heterocycles. The van der Waals surface area contributed by atoms with Crippen molar-refractivity contribution in [3.8, 4) is 0 Å². The number of urea groups is 1. The third kappa shape index (κ3) is 5.22. The molecule has 29 heavy (non-hydrogen) atoms. The van der Waals surface area contributed by atoms with E-state index >= 15 is 0 Å². The molecule has 1 aromatic heterocycles. The van der Waals surface area contributed by atoms with E-state index in [9.17, 15) is 14.0 Å². The number of hydrogen-bond acceptors (Lipinski definition) is 5. The first-order valence-electron chi connectivity index (χ1n) is 9.68. The molecule has 3 rings (SSSR count). The molecule has 0 atom stereocenters. The third-order valence-electron chi connectivity index (χ3n) is 4.80. The summed E-state index contributed by atoms with van der Waals surface area (Å²) in [6.07, 6.45) is 2.30. The minimum absolute atomic E-state index is 0.202. The van der Waals surface area contributed by atoms with Gasteiger partial charge < -0.3 is 19.9 Å². The second kappa shape index (κ2) is 9.36. The van der Waals surface area contributed by atoms with Crippen molar-refractivity contribution in [2.45, 2.75) is 20.3 Å². The molecule has 1 aromatic carbocycles. The van der Waals surface area contributed by atoms with Gasteiger partial charge >= 0.3 is 12.0 Å². The van der Waals surface area contributed by atoms with Crippen molar-refractivity contribution < 1.29 is 18.7 Å². The van der Waals surface area contributed by atoms with E-state index in [2.05, 4.69) is 15.2 Å². The molecule has 1 saturated heterocycles. The third-order valence-corrected chi connectivity index (χ3v) is 4.80.